The van der Waals surface area contributed by atoms with Gasteiger partial charge < -0.3 is 9.84 Å². The van der Waals surface area contributed by atoms with E-state index >= 15 is 0 Å². The average molecular weight is 291 g/mol. The zero-order valence-corrected chi connectivity index (χ0v) is 11.9. The topological polar surface area (TPSA) is 66.2 Å². The number of hydrazone groups is 1. The maximum atomic E-state index is 9.53. The highest BCUT2D eigenvalue weighted by Crippen LogP contribution is 2.32. The molecule has 1 aliphatic heterocycles. The molecule has 1 heterocycles. The summed E-state index contributed by atoms with van der Waals surface area (Å²) in [5.41, 5.74) is 7.59. The van der Waals surface area contributed by atoms with E-state index in [1.54, 1.807) is 25.3 Å². The molecule has 5 heteroatoms. The first kappa shape index (κ1) is 12.6. The molecule has 2 aromatic rings. The van der Waals surface area contributed by atoms with E-state index in [2.05, 4.69) is 15.5 Å². The summed E-state index contributed by atoms with van der Waals surface area (Å²) in [5.74, 6) is 1.68. The first-order chi connectivity index (χ1) is 10.7. The lowest BCUT2D eigenvalue weighted by atomic mass is 10.1. The number of benzene rings is 2. The molecular weight excluding hydrogens is 278 g/mol. The molecule has 2 N–H and O–H groups in total. The maximum absolute atomic E-state index is 9.53. The number of phenols is 1. The van der Waals surface area contributed by atoms with Crippen LogP contribution < -0.4 is 10.2 Å². The molecule has 1 aliphatic carbocycles. The lowest BCUT2D eigenvalue weighted by molar-refractivity contribution is 0.414. The van der Waals surface area contributed by atoms with Gasteiger partial charge in [0.25, 0.3) is 0 Å². The first-order valence-electron chi connectivity index (χ1n) is 6.87. The van der Waals surface area contributed by atoms with Gasteiger partial charge in [0.15, 0.2) is 5.84 Å². The van der Waals surface area contributed by atoms with Crippen LogP contribution in [0.2, 0.25) is 0 Å². The van der Waals surface area contributed by atoms with Gasteiger partial charge in [0.05, 0.1) is 12.8 Å². The highest BCUT2D eigenvalue weighted by atomic mass is 16.5. The number of fused-ring (bicyclic) bond motifs is 3. The molecule has 0 radical (unpaired) electrons. The molecule has 2 aromatic carbocycles. The lowest BCUT2D eigenvalue weighted by Crippen LogP contribution is -2.12. The number of phenolic OH excluding ortho intramolecular Hbond substituents is 1. The Hall–Kier alpha value is -3.08. The van der Waals surface area contributed by atoms with Crippen LogP contribution in [0.15, 0.2) is 58.1 Å². The van der Waals surface area contributed by atoms with Crippen LogP contribution in [0.25, 0.3) is 6.08 Å². The van der Waals surface area contributed by atoms with Gasteiger partial charge in [0.2, 0.25) is 0 Å². The van der Waals surface area contributed by atoms with Crippen molar-refractivity contribution >= 4 is 23.3 Å². The number of nitrogens with zero attached hydrogens (tertiary/aromatic N) is 2. The van der Waals surface area contributed by atoms with Gasteiger partial charge in [-0.15, -0.1) is 0 Å². The molecule has 0 amide bonds. The van der Waals surface area contributed by atoms with Crippen molar-refractivity contribution in [3.05, 3.63) is 59.2 Å². The van der Waals surface area contributed by atoms with E-state index in [1.165, 1.54) is 0 Å². The van der Waals surface area contributed by atoms with Crippen molar-refractivity contribution < 1.29 is 9.84 Å². The van der Waals surface area contributed by atoms with Gasteiger partial charge in [-0.3, -0.25) is 5.43 Å². The van der Waals surface area contributed by atoms with E-state index in [9.17, 15) is 5.11 Å². The number of amidine groups is 1. The van der Waals surface area contributed by atoms with Crippen LogP contribution in [-0.4, -0.2) is 23.8 Å². The molecule has 0 saturated heterocycles. The van der Waals surface area contributed by atoms with E-state index < -0.39 is 0 Å². The fourth-order valence-electron chi connectivity index (χ4n) is 2.62. The number of hydrogen-bond acceptors (Lipinski definition) is 4. The summed E-state index contributed by atoms with van der Waals surface area (Å²) in [5, 5.41) is 13.9. The molecule has 108 valence electrons. The summed E-state index contributed by atoms with van der Waals surface area (Å²) < 4.78 is 5.25. The fourth-order valence-corrected chi connectivity index (χ4v) is 2.62. The molecule has 0 aromatic heterocycles. The molecule has 0 fully saturated rings. The zero-order chi connectivity index (χ0) is 15.1. The number of rotatable bonds is 2. The lowest BCUT2D eigenvalue weighted by Gasteiger charge is -2.02. The predicted octanol–water partition coefficient (Wildman–Crippen LogP) is 2.84. The van der Waals surface area contributed by atoms with Crippen LogP contribution in [0.3, 0.4) is 0 Å². The van der Waals surface area contributed by atoms with E-state index in [1.807, 2.05) is 30.3 Å². The van der Waals surface area contributed by atoms with Gasteiger partial charge >= 0.3 is 0 Å². The van der Waals surface area contributed by atoms with Gasteiger partial charge in [-0.05, 0) is 42.0 Å². The van der Waals surface area contributed by atoms with Crippen LogP contribution in [0, 0.1) is 0 Å². The summed E-state index contributed by atoms with van der Waals surface area (Å²) in [7, 11) is 1.65. The number of aromatic hydroxyl groups is 1. The minimum atomic E-state index is 0.189. The monoisotopic (exact) mass is 291 g/mol. The molecule has 2 aliphatic rings. The van der Waals surface area contributed by atoms with E-state index in [-0.39, 0.29) is 5.75 Å². The Morgan fingerprint density at radius 1 is 1.18 bits per heavy atom. The Morgan fingerprint density at radius 3 is 2.91 bits per heavy atom. The van der Waals surface area contributed by atoms with Gasteiger partial charge in [0.1, 0.15) is 17.2 Å². The third kappa shape index (κ3) is 1.95. The molecule has 0 bridgehead atoms. The largest absolute Gasteiger partial charge is 0.508 e. The van der Waals surface area contributed by atoms with Crippen LogP contribution in [-0.2, 0) is 0 Å². The van der Waals surface area contributed by atoms with Crippen molar-refractivity contribution in [2.24, 2.45) is 10.1 Å². The molecule has 0 spiro atoms. The van der Waals surface area contributed by atoms with Crippen LogP contribution in [0.1, 0.15) is 11.1 Å². The molecule has 4 rings (SSSR count). The Morgan fingerprint density at radius 2 is 2.09 bits per heavy atom. The summed E-state index contributed by atoms with van der Waals surface area (Å²) in [6, 6.07) is 12.7. The standard InChI is InChI=1S/C17H13N3O2/c1-22-13-5-6-14-10(7-13)8-15-16(14)19-20-17(15)18-11-3-2-4-12(21)9-11/h2-9,21H,1H3,(H,18,20). The highest BCUT2D eigenvalue weighted by Gasteiger charge is 2.29. The second kappa shape index (κ2) is 4.73. The quantitative estimate of drug-likeness (QED) is 0.894. The Labute approximate surface area is 127 Å². The number of methoxy groups -OCH3 is 1. The average Bonchev–Trinajstić information content (AvgIpc) is 3.06. The third-order valence-corrected chi connectivity index (χ3v) is 3.67. The number of hydrogen-bond donors (Lipinski definition) is 2. The number of nitrogens with one attached hydrogen (secondary N) is 1. The number of ether oxygens (including phenoxy) is 1. The van der Waals surface area contributed by atoms with Gasteiger partial charge in [0, 0.05) is 17.2 Å². The Kier molecular flexibility index (Phi) is 2.72. The number of aliphatic imine (C=N–C) groups is 1. The molecule has 0 saturated carbocycles. The fraction of sp³-hybridized carbons (Fsp3) is 0.0588. The minimum Gasteiger partial charge on any atom is -0.508 e. The predicted molar refractivity (Wildman–Crippen MR) is 85.8 cm³/mol. The smallest absolute Gasteiger partial charge is 0.156 e. The second-order valence-electron chi connectivity index (χ2n) is 5.06. The van der Waals surface area contributed by atoms with Crippen molar-refractivity contribution in [2.75, 3.05) is 7.11 Å². The van der Waals surface area contributed by atoms with Crippen LogP contribution >= 0.6 is 0 Å². The van der Waals surface area contributed by atoms with Crippen LogP contribution in [0.5, 0.6) is 11.5 Å². The molecule has 22 heavy (non-hydrogen) atoms. The van der Waals surface area contributed by atoms with Crippen molar-refractivity contribution in [1.82, 2.24) is 5.43 Å². The summed E-state index contributed by atoms with van der Waals surface area (Å²) in [6.45, 7) is 0. The normalized spacial score (nSPS) is 16.7. The summed E-state index contributed by atoms with van der Waals surface area (Å²) in [6.07, 6.45) is 2.04. The first-order valence-corrected chi connectivity index (χ1v) is 6.87. The SMILES string of the molecule is COc1ccc2c(c1)C=C1C(=Nc3cccc(O)c3)NN=C12. The molecule has 0 unspecified atom stereocenters. The van der Waals surface area contributed by atoms with Crippen LogP contribution in [0.4, 0.5) is 5.69 Å². The third-order valence-electron chi connectivity index (χ3n) is 3.67. The maximum Gasteiger partial charge on any atom is 0.156 e. The zero-order valence-electron chi connectivity index (χ0n) is 11.9. The summed E-state index contributed by atoms with van der Waals surface area (Å²) >= 11 is 0. The van der Waals surface area contributed by atoms with Crippen molar-refractivity contribution in [3.8, 4) is 11.5 Å². The molecular formula is C17H13N3O2. The Bertz CT molecular complexity index is 866. The van der Waals surface area contributed by atoms with Crippen molar-refractivity contribution in [3.63, 3.8) is 0 Å². The van der Waals surface area contributed by atoms with E-state index in [4.69, 9.17) is 4.74 Å². The second-order valence-corrected chi connectivity index (χ2v) is 5.06. The molecule has 5 nitrogen and oxygen atoms in total. The van der Waals surface area contributed by atoms with Gasteiger partial charge in [-0.2, -0.15) is 5.10 Å². The highest BCUT2D eigenvalue weighted by molar-refractivity contribution is 6.38. The van der Waals surface area contributed by atoms with E-state index in [0.29, 0.717) is 11.5 Å². The Balaban J connectivity index is 1.74. The van der Waals surface area contributed by atoms with Gasteiger partial charge in [-0.25, -0.2) is 4.99 Å². The van der Waals surface area contributed by atoms with Gasteiger partial charge in [-0.1, -0.05) is 6.07 Å². The molecule has 0 atom stereocenters. The minimum absolute atomic E-state index is 0.189. The van der Waals surface area contributed by atoms with Crippen molar-refractivity contribution in [1.29, 1.82) is 0 Å². The van der Waals surface area contributed by atoms with E-state index in [0.717, 1.165) is 28.2 Å². The van der Waals surface area contributed by atoms with Crippen molar-refractivity contribution in [2.45, 2.75) is 0 Å². The summed E-state index contributed by atoms with van der Waals surface area (Å²) in [4.78, 5) is 4.52.